The topological polar surface area (TPSA) is 54.0 Å². The molecule has 0 atom stereocenters. The van der Waals surface area contributed by atoms with E-state index in [0.717, 1.165) is 6.07 Å². The number of nitrogens with zero attached hydrogens (tertiary/aromatic N) is 1. The maximum Gasteiger partial charge on any atom is 0.417 e. The minimum atomic E-state index is -4.44. The summed E-state index contributed by atoms with van der Waals surface area (Å²) in [4.78, 5) is 16.0. The van der Waals surface area contributed by atoms with E-state index in [-0.39, 0.29) is 22.5 Å². The SMILES string of the molecule is CNC(=O)C(C)(C)Nc1ccc2c(C(F)(F)F)cc(C)nc2c1. The normalized spacial score (nSPS) is 12.3. The first-order valence-corrected chi connectivity index (χ1v) is 7.03. The van der Waals surface area contributed by atoms with E-state index < -0.39 is 17.3 Å². The molecule has 0 fully saturated rings. The predicted octanol–water partition coefficient (Wildman–Crippen LogP) is 3.50. The largest absolute Gasteiger partial charge is 0.417 e. The van der Waals surface area contributed by atoms with E-state index in [1.807, 2.05) is 0 Å². The molecule has 0 radical (unpaired) electrons. The van der Waals surface area contributed by atoms with Crippen molar-refractivity contribution >= 4 is 22.5 Å². The number of benzene rings is 1. The Kier molecular flexibility index (Phi) is 4.24. The maximum atomic E-state index is 13.1. The molecule has 0 unspecified atom stereocenters. The number of carbonyl (C=O) groups is 1. The van der Waals surface area contributed by atoms with Gasteiger partial charge in [-0.05, 0) is 39.0 Å². The molecule has 1 aromatic carbocycles. The summed E-state index contributed by atoms with van der Waals surface area (Å²) in [5.74, 6) is -0.231. The van der Waals surface area contributed by atoms with E-state index in [4.69, 9.17) is 0 Å². The number of aryl methyl sites for hydroxylation is 1. The summed E-state index contributed by atoms with van der Waals surface area (Å²) in [6.45, 7) is 4.88. The number of amides is 1. The number of hydrogen-bond acceptors (Lipinski definition) is 3. The Morgan fingerprint density at radius 1 is 1.17 bits per heavy atom. The van der Waals surface area contributed by atoms with Gasteiger partial charge < -0.3 is 10.6 Å². The fourth-order valence-electron chi connectivity index (χ4n) is 2.40. The Bertz CT molecular complexity index is 754. The van der Waals surface area contributed by atoms with Crippen LogP contribution in [-0.2, 0) is 11.0 Å². The molecule has 2 N–H and O–H groups in total. The van der Waals surface area contributed by atoms with E-state index in [1.54, 1.807) is 13.8 Å². The number of carbonyl (C=O) groups excluding carboxylic acids is 1. The zero-order valence-corrected chi connectivity index (χ0v) is 13.3. The summed E-state index contributed by atoms with van der Waals surface area (Å²) < 4.78 is 39.4. The van der Waals surface area contributed by atoms with E-state index in [1.165, 1.54) is 32.2 Å². The highest BCUT2D eigenvalue weighted by Gasteiger charge is 2.33. The van der Waals surface area contributed by atoms with Gasteiger partial charge >= 0.3 is 6.18 Å². The summed E-state index contributed by atoms with van der Waals surface area (Å²) in [5, 5.41) is 5.57. The molecule has 1 aromatic heterocycles. The Labute approximate surface area is 132 Å². The second-order valence-electron chi connectivity index (χ2n) is 5.87. The highest BCUT2D eigenvalue weighted by molar-refractivity contribution is 5.90. The number of likely N-dealkylation sites (N-methyl/N-ethyl adjacent to an activating group) is 1. The zero-order chi connectivity index (χ0) is 17.4. The number of fused-ring (bicyclic) bond motifs is 1. The van der Waals surface area contributed by atoms with Crippen LogP contribution in [0.1, 0.15) is 25.1 Å². The first-order valence-electron chi connectivity index (χ1n) is 7.03. The first kappa shape index (κ1) is 17.1. The quantitative estimate of drug-likeness (QED) is 0.908. The number of aromatic nitrogens is 1. The number of halogens is 3. The second kappa shape index (κ2) is 5.72. The van der Waals surface area contributed by atoms with Gasteiger partial charge in [-0.2, -0.15) is 13.2 Å². The summed E-state index contributed by atoms with van der Waals surface area (Å²) in [7, 11) is 1.52. The molecule has 1 amide bonds. The number of rotatable bonds is 3. The minimum absolute atomic E-state index is 0.0337. The molecule has 0 bridgehead atoms. The summed E-state index contributed by atoms with van der Waals surface area (Å²) in [5.41, 5.74) is -0.573. The fourth-order valence-corrected chi connectivity index (χ4v) is 2.40. The van der Waals surface area contributed by atoms with Crippen molar-refractivity contribution in [1.82, 2.24) is 10.3 Å². The average molecular weight is 325 g/mol. The lowest BCUT2D eigenvalue weighted by Crippen LogP contribution is -2.46. The molecular formula is C16H18F3N3O. The molecule has 2 aromatic rings. The maximum absolute atomic E-state index is 13.1. The highest BCUT2D eigenvalue weighted by Crippen LogP contribution is 2.35. The van der Waals surface area contributed by atoms with Crippen LogP contribution in [0, 0.1) is 6.92 Å². The summed E-state index contributed by atoms with van der Waals surface area (Å²) in [6.07, 6.45) is -4.44. The molecule has 2 rings (SSSR count). The van der Waals surface area contributed by atoms with E-state index >= 15 is 0 Å². The smallest absolute Gasteiger partial charge is 0.372 e. The van der Waals surface area contributed by atoms with Crippen LogP contribution in [0.2, 0.25) is 0 Å². The average Bonchev–Trinajstić information content (AvgIpc) is 2.43. The third kappa shape index (κ3) is 3.55. The van der Waals surface area contributed by atoms with Crippen LogP contribution in [0.5, 0.6) is 0 Å². The molecule has 4 nitrogen and oxygen atoms in total. The summed E-state index contributed by atoms with van der Waals surface area (Å²) >= 11 is 0. The van der Waals surface area contributed by atoms with Crippen LogP contribution in [0.3, 0.4) is 0 Å². The monoisotopic (exact) mass is 325 g/mol. The van der Waals surface area contributed by atoms with Crippen molar-refractivity contribution in [3.8, 4) is 0 Å². The lowest BCUT2D eigenvalue weighted by molar-refractivity contribution is -0.136. The van der Waals surface area contributed by atoms with Crippen molar-refractivity contribution in [2.24, 2.45) is 0 Å². The molecule has 0 aliphatic heterocycles. The van der Waals surface area contributed by atoms with E-state index in [9.17, 15) is 18.0 Å². The molecule has 23 heavy (non-hydrogen) atoms. The standard InChI is InChI=1S/C16H18F3N3O/c1-9-7-12(16(17,18)19)11-6-5-10(8-13(11)21-9)22-15(2,3)14(23)20-4/h5-8,22H,1-4H3,(H,20,23). The van der Waals surface area contributed by atoms with Gasteiger partial charge in [-0.1, -0.05) is 6.07 Å². The number of nitrogens with one attached hydrogen (secondary N) is 2. The van der Waals surface area contributed by atoms with Crippen LogP contribution in [0.4, 0.5) is 18.9 Å². The third-order valence-electron chi connectivity index (χ3n) is 3.49. The lowest BCUT2D eigenvalue weighted by Gasteiger charge is -2.25. The van der Waals surface area contributed by atoms with Gasteiger partial charge in [-0.3, -0.25) is 9.78 Å². The van der Waals surface area contributed by atoms with Crippen molar-refractivity contribution in [3.05, 3.63) is 35.5 Å². The van der Waals surface area contributed by atoms with E-state index in [2.05, 4.69) is 15.6 Å². The van der Waals surface area contributed by atoms with Crippen molar-refractivity contribution < 1.29 is 18.0 Å². The van der Waals surface area contributed by atoms with E-state index in [0.29, 0.717) is 5.69 Å². The van der Waals surface area contributed by atoms with Gasteiger partial charge in [0.1, 0.15) is 5.54 Å². The molecule has 1 heterocycles. The Balaban J connectivity index is 2.50. The van der Waals surface area contributed by atoms with Gasteiger partial charge in [0.15, 0.2) is 0 Å². The minimum Gasteiger partial charge on any atom is -0.372 e. The fraction of sp³-hybridized carbons (Fsp3) is 0.375. The highest BCUT2D eigenvalue weighted by atomic mass is 19.4. The van der Waals surface area contributed by atoms with Gasteiger partial charge in [0.05, 0.1) is 11.1 Å². The van der Waals surface area contributed by atoms with Gasteiger partial charge in [0.25, 0.3) is 0 Å². The van der Waals surface area contributed by atoms with Gasteiger partial charge in [0.2, 0.25) is 5.91 Å². The third-order valence-corrected chi connectivity index (χ3v) is 3.49. The molecule has 0 spiro atoms. The Morgan fingerprint density at radius 2 is 1.83 bits per heavy atom. The lowest BCUT2D eigenvalue weighted by atomic mass is 10.0. The number of pyridine rings is 1. The van der Waals surface area contributed by atoms with Gasteiger partial charge in [-0.15, -0.1) is 0 Å². The van der Waals surface area contributed by atoms with Crippen molar-refractivity contribution in [2.45, 2.75) is 32.5 Å². The predicted molar refractivity (Wildman–Crippen MR) is 83.3 cm³/mol. The molecule has 124 valence electrons. The molecule has 7 heteroatoms. The van der Waals surface area contributed by atoms with Crippen LogP contribution in [0.25, 0.3) is 10.9 Å². The molecule has 0 saturated carbocycles. The van der Waals surface area contributed by atoms with Gasteiger partial charge in [-0.25, -0.2) is 0 Å². The number of alkyl halides is 3. The molecule has 0 aliphatic carbocycles. The Morgan fingerprint density at radius 3 is 2.39 bits per heavy atom. The van der Waals surface area contributed by atoms with Crippen LogP contribution in [-0.4, -0.2) is 23.5 Å². The van der Waals surface area contributed by atoms with Crippen molar-refractivity contribution in [2.75, 3.05) is 12.4 Å². The van der Waals surface area contributed by atoms with Crippen molar-refractivity contribution in [1.29, 1.82) is 0 Å². The van der Waals surface area contributed by atoms with Crippen LogP contribution < -0.4 is 10.6 Å². The van der Waals surface area contributed by atoms with Crippen molar-refractivity contribution in [3.63, 3.8) is 0 Å². The first-order chi connectivity index (χ1) is 10.5. The van der Waals surface area contributed by atoms with Crippen LogP contribution in [0.15, 0.2) is 24.3 Å². The molecule has 0 aliphatic rings. The molecular weight excluding hydrogens is 307 g/mol. The Hall–Kier alpha value is -2.31. The summed E-state index contributed by atoms with van der Waals surface area (Å²) in [6, 6.07) is 5.43. The second-order valence-corrected chi connectivity index (χ2v) is 5.87. The zero-order valence-electron chi connectivity index (χ0n) is 13.3. The van der Waals surface area contributed by atoms with Gasteiger partial charge in [0, 0.05) is 23.8 Å². The number of hydrogen-bond donors (Lipinski definition) is 2. The molecule has 0 saturated heterocycles. The number of anilines is 1. The van der Waals surface area contributed by atoms with Crippen LogP contribution >= 0.6 is 0 Å².